The number of hydrogen-bond donors (Lipinski definition) is 2. The lowest BCUT2D eigenvalue weighted by Gasteiger charge is -2.27. The SMILES string of the molecule is CCOC(=O)C1=C(COC(=O)/C=C/c2cn(-c3ccccc3)nc2-c2ccccc2)NC(=O)N[C@@H]1c1ccco1. The van der Waals surface area contributed by atoms with Crippen LogP contribution in [0.5, 0.6) is 0 Å². The van der Waals surface area contributed by atoms with E-state index in [0.29, 0.717) is 17.0 Å². The average Bonchev–Trinajstić information content (AvgIpc) is 3.67. The van der Waals surface area contributed by atoms with Gasteiger partial charge >= 0.3 is 18.0 Å². The van der Waals surface area contributed by atoms with Gasteiger partial charge in [0.05, 0.1) is 35.5 Å². The summed E-state index contributed by atoms with van der Waals surface area (Å²) in [5.74, 6) is -1.01. The molecule has 40 heavy (non-hydrogen) atoms. The fourth-order valence-electron chi connectivity index (χ4n) is 4.24. The van der Waals surface area contributed by atoms with E-state index in [0.717, 1.165) is 11.3 Å². The van der Waals surface area contributed by atoms with Crippen molar-refractivity contribution in [3.05, 3.63) is 114 Å². The molecule has 0 spiro atoms. The third-order valence-corrected chi connectivity index (χ3v) is 6.04. The molecule has 0 fully saturated rings. The predicted octanol–water partition coefficient (Wildman–Crippen LogP) is 4.56. The molecule has 0 saturated carbocycles. The Balaban J connectivity index is 1.38. The molecule has 2 aromatic heterocycles. The molecule has 2 amide bonds. The molecule has 10 nitrogen and oxygen atoms in total. The van der Waals surface area contributed by atoms with E-state index in [1.807, 2.05) is 66.9 Å². The summed E-state index contributed by atoms with van der Waals surface area (Å²) >= 11 is 0. The van der Waals surface area contributed by atoms with Gasteiger partial charge in [0.15, 0.2) is 0 Å². The first-order valence-electron chi connectivity index (χ1n) is 12.6. The lowest BCUT2D eigenvalue weighted by molar-refractivity contribution is -0.140. The molecule has 5 rings (SSSR count). The van der Waals surface area contributed by atoms with Crippen molar-refractivity contribution >= 4 is 24.0 Å². The van der Waals surface area contributed by atoms with Crippen molar-refractivity contribution in [3.8, 4) is 16.9 Å². The summed E-state index contributed by atoms with van der Waals surface area (Å²) in [5.41, 5.74) is 3.33. The highest BCUT2D eigenvalue weighted by atomic mass is 16.5. The number of aromatic nitrogens is 2. The molecule has 202 valence electrons. The Morgan fingerprint density at radius 1 is 1.02 bits per heavy atom. The maximum absolute atomic E-state index is 12.8. The van der Waals surface area contributed by atoms with Gasteiger partial charge in [-0.1, -0.05) is 48.5 Å². The highest BCUT2D eigenvalue weighted by molar-refractivity contribution is 5.95. The third kappa shape index (κ3) is 5.86. The summed E-state index contributed by atoms with van der Waals surface area (Å²) in [7, 11) is 0. The van der Waals surface area contributed by atoms with Crippen molar-refractivity contribution in [2.45, 2.75) is 13.0 Å². The van der Waals surface area contributed by atoms with Gasteiger partial charge in [-0.15, -0.1) is 0 Å². The van der Waals surface area contributed by atoms with Gasteiger partial charge in [0, 0.05) is 23.4 Å². The number of nitrogens with zero attached hydrogens (tertiary/aromatic N) is 2. The summed E-state index contributed by atoms with van der Waals surface area (Å²) in [5, 5.41) is 9.92. The number of furan rings is 1. The molecule has 0 radical (unpaired) electrons. The van der Waals surface area contributed by atoms with Crippen LogP contribution in [0.1, 0.15) is 24.3 Å². The van der Waals surface area contributed by atoms with Gasteiger partial charge in [-0.25, -0.2) is 19.1 Å². The van der Waals surface area contributed by atoms with Crippen LogP contribution in [-0.4, -0.2) is 41.0 Å². The van der Waals surface area contributed by atoms with Gasteiger partial charge < -0.3 is 24.5 Å². The zero-order valence-corrected chi connectivity index (χ0v) is 21.6. The highest BCUT2D eigenvalue weighted by Crippen LogP contribution is 2.28. The van der Waals surface area contributed by atoms with Crippen molar-refractivity contribution in [1.29, 1.82) is 0 Å². The van der Waals surface area contributed by atoms with Crippen LogP contribution >= 0.6 is 0 Å². The van der Waals surface area contributed by atoms with Crippen molar-refractivity contribution in [2.24, 2.45) is 0 Å². The van der Waals surface area contributed by atoms with E-state index < -0.39 is 24.0 Å². The standard InChI is InChI=1S/C30H26N4O6/c1-2-38-29(36)26-23(31-30(37)32-28(26)24-14-9-17-39-24)19-40-25(35)16-15-21-18-34(22-12-7-4-8-13-22)33-27(21)20-10-5-3-6-11-20/h3-18,28H,2,19H2,1H3,(H2,31,32,37)/b16-15+/t28-/m1/s1. The monoisotopic (exact) mass is 538 g/mol. The maximum atomic E-state index is 12.8. The van der Waals surface area contributed by atoms with E-state index >= 15 is 0 Å². The summed E-state index contributed by atoms with van der Waals surface area (Å²) < 4.78 is 17.8. The fourth-order valence-corrected chi connectivity index (χ4v) is 4.24. The molecular weight excluding hydrogens is 512 g/mol. The molecule has 2 aromatic carbocycles. The van der Waals surface area contributed by atoms with Crippen LogP contribution in [0.3, 0.4) is 0 Å². The average molecular weight is 539 g/mol. The predicted molar refractivity (Wildman–Crippen MR) is 146 cm³/mol. The zero-order chi connectivity index (χ0) is 27.9. The molecule has 1 aliphatic heterocycles. The van der Waals surface area contributed by atoms with Gasteiger partial charge in [-0.3, -0.25) is 0 Å². The van der Waals surface area contributed by atoms with Crippen molar-refractivity contribution < 1.29 is 28.3 Å². The summed E-state index contributed by atoms with van der Waals surface area (Å²) in [4.78, 5) is 37.9. The van der Waals surface area contributed by atoms with Crippen LogP contribution in [0.15, 0.2) is 107 Å². The maximum Gasteiger partial charge on any atom is 0.338 e. The van der Waals surface area contributed by atoms with Crippen molar-refractivity contribution in [1.82, 2.24) is 20.4 Å². The summed E-state index contributed by atoms with van der Waals surface area (Å²) in [6.45, 7) is 1.43. The number of urea groups is 1. The van der Waals surface area contributed by atoms with Crippen LogP contribution in [-0.2, 0) is 19.1 Å². The van der Waals surface area contributed by atoms with Gasteiger partial charge in [-0.05, 0) is 37.3 Å². The van der Waals surface area contributed by atoms with Crippen LogP contribution in [0, 0.1) is 0 Å². The Bertz CT molecular complexity index is 1560. The normalized spacial score (nSPS) is 15.0. The Morgan fingerprint density at radius 3 is 2.48 bits per heavy atom. The van der Waals surface area contributed by atoms with Crippen molar-refractivity contribution in [2.75, 3.05) is 13.2 Å². The van der Waals surface area contributed by atoms with Crippen LogP contribution in [0.25, 0.3) is 23.0 Å². The molecule has 0 unspecified atom stereocenters. The largest absolute Gasteiger partial charge is 0.467 e. The molecule has 0 saturated heterocycles. The van der Waals surface area contributed by atoms with Crippen LogP contribution in [0.4, 0.5) is 4.79 Å². The van der Waals surface area contributed by atoms with Gasteiger partial charge in [0.25, 0.3) is 0 Å². The number of carbonyl (C=O) groups excluding carboxylic acids is 3. The Hall–Kier alpha value is -5.38. The van der Waals surface area contributed by atoms with E-state index in [9.17, 15) is 14.4 Å². The lowest BCUT2D eigenvalue weighted by Crippen LogP contribution is -2.47. The second-order valence-electron chi connectivity index (χ2n) is 8.68. The van der Waals surface area contributed by atoms with Crippen LogP contribution < -0.4 is 10.6 Å². The number of carbonyl (C=O) groups is 3. The van der Waals surface area contributed by atoms with E-state index in [1.54, 1.807) is 29.8 Å². The summed E-state index contributed by atoms with van der Waals surface area (Å²) in [6, 6.07) is 21.0. The number of amides is 2. The Morgan fingerprint density at radius 2 is 1.77 bits per heavy atom. The minimum Gasteiger partial charge on any atom is -0.467 e. The molecule has 0 aliphatic carbocycles. The Labute approximate surface area is 229 Å². The van der Waals surface area contributed by atoms with E-state index in [1.165, 1.54) is 12.3 Å². The number of rotatable bonds is 9. The number of nitrogens with one attached hydrogen (secondary N) is 2. The third-order valence-electron chi connectivity index (χ3n) is 6.04. The molecule has 1 aliphatic rings. The summed E-state index contributed by atoms with van der Waals surface area (Å²) in [6.07, 6.45) is 6.14. The molecular formula is C30H26N4O6. The van der Waals surface area contributed by atoms with Crippen molar-refractivity contribution in [3.63, 3.8) is 0 Å². The van der Waals surface area contributed by atoms with E-state index in [-0.39, 0.29) is 24.5 Å². The fraction of sp³-hybridized carbons (Fsp3) is 0.133. The van der Waals surface area contributed by atoms with E-state index in [2.05, 4.69) is 10.6 Å². The lowest BCUT2D eigenvalue weighted by atomic mass is 10.0. The van der Waals surface area contributed by atoms with E-state index in [4.69, 9.17) is 19.0 Å². The highest BCUT2D eigenvalue weighted by Gasteiger charge is 2.35. The first kappa shape index (κ1) is 26.2. The molecule has 10 heteroatoms. The smallest absolute Gasteiger partial charge is 0.338 e. The second-order valence-corrected chi connectivity index (χ2v) is 8.68. The van der Waals surface area contributed by atoms with Gasteiger partial charge in [0.2, 0.25) is 0 Å². The first-order valence-corrected chi connectivity index (χ1v) is 12.6. The Kier molecular flexibility index (Phi) is 7.87. The zero-order valence-electron chi connectivity index (χ0n) is 21.6. The minimum atomic E-state index is -0.899. The number of hydrogen-bond acceptors (Lipinski definition) is 7. The quantitative estimate of drug-likeness (QED) is 0.236. The van der Waals surface area contributed by atoms with Gasteiger partial charge in [-0.2, -0.15) is 5.10 Å². The molecule has 3 heterocycles. The number of para-hydroxylation sites is 1. The molecule has 1 atom stereocenters. The second kappa shape index (κ2) is 12.0. The molecule has 0 bridgehead atoms. The number of benzene rings is 2. The first-order chi connectivity index (χ1) is 19.5. The minimum absolute atomic E-state index is 0.0867. The molecule has 2 N–H and O–H groups in total. The topological polar surface area (TPSA) is 125 Å². The van der Waals surface area contributed by atoms with Gasteiger partial charge in [0.1, 0.15) is 18.4 Å². The number of ether oxygens (including phenoxy) is 2. The number of esters is 2. The molecule has 4 aromatic rings. The van der Waals surface area contributed by atoms with Crippen LogP contribution in [0.2, 0.25) is 0 Å².